The molecule has 0 saturated carbocycles. The van der Waals surface area contributed by atoms with Crippen LogP contribution in [-0.4, -0.2) is 41.2 Å². The maximum absolute atomic E-state index is 12.5. The van der Waals surface area contributed by atoms with E-state index in [1.165, 1.54) is 5.56 Å². The topological polar surface area (TPSA) is 86.5 Å². The largest absolute Gasteiger partial charge is 0.373 e. The first-order valence-corrected chi connectivity index (χ1v) is 10.7. The van der Waals surface area contributed by atoms with Gasteiger partial charge in [-0.05, 0) is 56.4 Å². The molecule has 0 spiro atoms. The van der Waals surface area contributed by atoms with Crippen molar-refractivity contribution < 1.29 is 9.53 Å². The molecule has 4 rings (SSSR count). The number of fused-ring (bicyclic) bond motifs is 1. The molecule has 160 valence electrons. The van der Waals surface area contributed by atoms with Gasteiger partial charge in [-0.3, -0.25) is 9.69 Å². The third-order valence-electron chi connectivity index (χ3n) is 5.76. The Bertz CT molecular complexity index is 961. The summed E-state index contributed by atoms with van der Waals surface area (Å²) in [5.41, 5.74) is 4.54. The number of amides is 2. The van der Waals surface area contributed by atoms with Gasteiger partial charge in [0.1, 0.15) is 0 Å². The van der Waals surface area contributed by atoms with Gasteiger partial charge in [-0.25, -0.2) is 4.79 Å². The minimum Gasteiger partial charge on any atom is -0.373 e. The minimum absolute atomic E-state index is 0.119. The molecule has 7 nitrogen and oxygen atoms in total. The summed E-state index contributed by atoms with van der Waals surface area (Å²) in [5.74, 6) is 0. The van der Waals surface area contributed by atoms with Gasteiger partial charge < -0.3 is 20.4 Å². The van der Waals surface area contributed by atoms with E-state index in [2.05, 4.69) is 34.4 Å². The number of carbonyl (C=O) groups is 1. The molecule has 2 unspecified atom stereocenters. The van der Waals surface area contributed by atoms with Crippen molar-refractivity contribution in [3.63, 3.8) is 0 Å². The summed E-state index contributed by atoms with van der Waals surface area (Å²) in [4.78, 5) is 30.0. The summed E-state index contributed by atoms with van der Waals surface area (Å²) >= 11 is 0. The number of nitrogens with zero attached hydrogens (tertiary/aromatic N) is 1. The fourth-order valence-corrected chi connectivity index (χ4v) is 4.47. The van der Waals surface area contributed by atoms with Crippen molar-refractivity contribution in [2.45, 2.75) is 58.4 Å². The van der Waals surface area contributed by atoms with Crippen molar-refractivity contribution in [2.24, 2.45) is 0 Å². The van der Waals surface area contributed by atoms with E-state index in [1.807, 2.05) is 30.3 Å². The van der Waals surface area contributed by atoms with Crippen LogP contribution in [0.15, 0.2) is 35.1 Å². The van der Waals surface area contributed by atoms with Gasteiger partial charge in [-0.2, -0.15) is 0 Å². The highest BCUT2D eigenvalue weighted by molar-refractivity contribution is 5.90. The zero-order valence-corrected chi connectivity index (χ0v) is 17.7. The second-order valence-electron chi connectivity index (χ2n) is 8.40. The summed E-state index contributed by atoms with van der Waals surface area (Å²) in [6, 6.07) is 9.45. The number of hydrogen-bond donors (Lipinski definition) is 3. The van der Waals surface area contributed by atoms with E-state index in [9.17, 15) is 9.59 Å². The fraction of sp³-hybridized carbons (Fsp3) is 0.478. The van der Waals surface area contributed by atoms with E-state index in [1.54, 1.807) is 0 Å². The monoisotopic (exact) mass is 410 g/mol. The molecular formula is C23H30N4O3. The van der Waals surface area contributed by atoms with Gasteiger partial charge in [-0.15, -0.1) is 0 Å². The Kier molecular flexibility index (Phi) is 6.20. The van der Waals surface area contributed by atoms with Crippen molar-refractivity contribution in [3.8, 4) is 0 Å². The second-order valence-corrected chi connectivity index (χ2v) is 8.40. The Morgan fingerprint density at radius 2 is 1.93 bits per heavy atom. The van der Waals surface area contributed by atoms with E-state index in [0.29, 0.717) is 5.56 Å². The van der Waals surface area contributed by atoms with Gasteiger partial charge in [0.15, 0.2) is 0 Å². The lowest BCUT2D eigenvalue weighted by Crippen LogP contribution is -2.45. The first kappa shape index (κ1) is 20.6. The Hall–Kier alpha value is -2.64. The molecule has 1 aliphatic heterocycles. The number of rotatable bonds is 5. The number of aromatic amines is 1. The highest BCUT2D eigenvalue weighted by Crippen LogP contribution is 2.21. The summed E-state index contributed by atoms with van der Waals surface area (Å²) in [5, 5.41) is 5.77. The van der Waals surface area contributed by atoms with Crippen LogP contribution in [0.3, 0.4) is 0 Å². The van der Waals surface area contributed by atoms with Crippen LogP contribution in [-0.2, 0) is 30.7 Å². The number of aromatic nitrogens is 1. The lowest BCUT2D eigenvalue weighted by atomic mass is 10.1. The molecule has 3 N–H and O–H groups in total. The summed E-state index contributed by atoms with van der Waals surface area (Å²) in [7, 11) is 0. The lowest BCUT2D eigenvalue weighted by molar-refractivity contribution is -0.0704. The van der Waals surface area contributed by atoms with Crippen molar-refractivity contribution >= 4 is 11.7 Å². The van der Waals surface area contributed by atoms with Crippen molar-refractivity contribution in [3.05, 3.63) is 63.1 Å². The zero-order chi connectivity index (χ0) is 21.1. The smallest absolute Gasteiger partial charge is 0.319 e. The molecule has 2 atom stereocenters. The molecule has 1 aliphatic carbocycles. The maximum Gasteiger partial charge on any atom is 0.319 e. The van der Waals surface area contributed by atoms with E-state index in [0.717, 1.165) is 55.8 Å². The van der Waals surface area contributed by atoms with Crippen molar-refractivity contribution in [1.82, 2.24) is 15.2 Å². The number of hydrogen-bond acceptors (Lipinski definition) is 4. The number of anilines is 1. The summed E-state index contributed by atoms with van der Waals surface area (Å²) in [6.45, 7) is 6.86. The van der Waals surface area contributed by atoms with E-state index in [4.69, 9.17) is 4.74 Å². The predicted octanol–water partition coefficient (Wildman–Crippen LogP) is 2.79. The van der Waals surface area contributed by atoms with Crippen LogP contribution in [0.25, 0.3) is 0 Å². The Labute approximate surface area is 176 Å². The number of carbonyl (C=O) groups excluding carboxylic acids is 1. The zero-order valence-electron chi connectivity index (χ0n) is 17.7. The van der Waals surface area contributed by atoms with Crippen LogP contribution in [0.4, 0.5) is 10.5 Å². The van der Waals surface area contributed by atoms with Crippen molar-refractivity contribution in [2.75, 3.05) is 18.4 Å². The van der Waals surface area contributed by atoms with Gasteiger partial charge in [0, 0.05) is 43.1 Å². The van der Waals surface area contributed by atoms with Crippen LogP contribution >= 0.6 is 0 Å². The van der Waals surface area contributed by atoms with Gasteiger partial charge in [0.25, 0.3) is 5.56 Å². The fourth-order valence-electron chi connectivity index (χ4n) is 4.47. The highest BCUT2D eigenvalue weighted by Gasteiger charge is 2.23. The number of urea groups is 1. The van der Waals surface area contributed by atoms with Crippen LogP contribution in [0.2, 0.25) is 0 Å². The quantitative estimate of drug-likeness (QED) is 0.708. The average molecular weight is 411 g/mol. The van der Waals surface area contributed by atoms with Crippen LogP contribution in [0.5, 0.6) is 0 Å². The maximum atomic E-state index is 12.5. The van der Waals surface area contributed by atoms with Gasteiger partial charge in [-0.1, -0.05) is 18.2 Å². The van der Waals surface area contributed by atoms with Gasteiger partial charge >= 0.3 is 6.03 Å². The first-order valence-electron chi connectivity index (χ1n) is 10.7. The minimum atomic E-state index is -0.314. The predicted molar refractivity (Wildman–Crippen MR) is 117 cm³/mol. The SMILES string of the molecule is CC1CN(Cc2ccccc2NC(=O)NCc2cc3c([nH]c2=O)CCC3)CC(C)O1. The molecule has 1 aromatic heterocycles. The highest BCUT2D eigenvalue weighted by atomic mass is 16.5. The molecule has 7 heteroatoms. The number of pyridine rings is 1. The number of H-pyrrole nitrogens is 1. The molecule has 0 radical (unpaired) electrons. The van der Waals surface area contributed by atoms with Crippen LogP contribution < -0.4 is 16.2 Å². The van der Waals surface area contributed by atoms with E-state index in [-0.39, 0.29) is 30.3 Å². The molecule has 30 heavy (non-hydrogen) atoms. The standard InChI is InChI=1S/C23H30N4O3/c1-15-12-27(13-16(2)30-15)14-18-6-3-4-8-21(18)26-23(29)24-11-19-10-17-7-5-9-20(17)25-22(19)28/h3-4,6,8,10,15-16H,5,7,9,11-14H2,1-2H3,(H,25,28)(H2,24,26,29). The normalized spacial score (nSPS) is 21.3. The average Bonchev–Trinajstić information content (AvgIpc) is 3.14. The number of benzene rings is 1. The number of aryl methyl sites for hydroxylation is 2. The third-order valence-corrected chi connectivity index (χ3v) is 5.76. The number of morpholine rings is 1. The Morgan fingerprint density at radius 1 is 1.17 bits per heavy atom. The van der Waals surface area contributed by atoms with Gasteiger partial charge in [0.05, 0.1) is 12.2 Å². The second kappa shape index (κ2) is 9.02. The van der Waals surface area contributed by atoms with Crippen molar-refractivity contribution in [1.29, 1.82) is 0 Å². The molecule has 2 heterocycles. The van der Waals surface area contributed by atoms with E-state index < -0.39 is 0 Å². The summed E-state index contributed by atoms with van der Waals surface area (Å²) in [6.07, 6.45) is 3.37. The number of para-hydroxylation sites is 1. The molecule has 1 saturated heterocycles. The van der Waals surface area contributed by atoms with Gasteiger partial charge in [0.2, 0.25) is 0 Å². The molecular weight excluding hydrogens is 380 g/mol. The lowest BCUT2D eigenvalue weighted by Gasteiger charge is -2.35. The number of ether oxygens (including phenoxy) is 1. The van der Waals surface area contributed by atoms with Crippen LogP contribution in [0, 0.1) is 0 Å². The molecule has 2 aliphatic rings. The van der Waals surface area contributed by atoms with Crippen LogP contribution in [0.1, 0.15) is 42.7 Å². The first-order chi connectivity index (χ1) is 14.5. The molecule has 1 aromatic carbocycles. The Balaban J connectivity index is 1.37. The third kappa shape index (κ3) is 4.91. The molecule has 0 bridgehead atoms. The molecule has 2 amide bonds. The summed E-state index contributed by atoms with van der Waals surface area (Å²) < 4.78 is 5.81. The molecule has 1 fully saturated rings. The molecule has 2 aromatic rings. The number of nitrogens with one attached hydrogen (secondary N) is 3. The Morgan fingerprint density at radius 3 is 2.73 bits per heavy atom. The van der Waals surface area contributed by atoms with E-state index >= 15 is 0 Å².